The number of carboxylic acids is 1. The minimum Gasteiger partial charge on any atom is -0.478 e. The zero-order chi connectivity index (χ0) is 20.3. The smallest absolute Gasteiger partial charge is 0.412 e. The van der Waals surface area contributed by atoms with Gasteiger partial charge < -0.3 is 9.84 Å². The Labute approximate surface area is 167 Å². The summed E-state index contributed by atoms with van der Waals surface area (Å²) in [5.74, 6) is -1.09. The summed E-state index contributed by atoms with van der Waals surface area (Å²) in [4.78, 5) is 25.0. The van der Waals surface area contributed by atoms with Gasteiger partial charge in [0, 0.05) is 10.4 Å². The largest absolute Gasteiger partial charge is 0.478 e. The molecular weight excluding hydrogens is 374 g/mol. The zero-order valence-electron chi connectivity index (χ0n) is 15.9. The number of carbonyl (C=O) groups is 2. The summed E-state index contributed by atoms with van der Waals surface area (Å²) in [7, 11) is 0. The first-order valence-electron chi connectivity index (χ1n) is 8.79. The molecule has 1 amide bonds. The van der Waals surface area contributed by atoms with Gasteiger partial charge in [0.05, 0.1) is 0 Å². The van der Waals surface area contributed by atoms with Gasteiger partial charge in [0.2, 0.25) is 0 Å². The van der Waals surface area contributed by atoms with Gasteiger partial charge in [-0.3, -0.25) is 5.32 Å². The number of nitrogens with one attached hydrogen (secondary N) is 1. The molecule has 2 N–H and O–H groups in total. The first kappa shape index (κ1) is 19.6. The molecule has 6 heteroatoms. The van der Waals surface area contributed by atoms with E-state index in [4.69, 9.17) is 4.74 Å². The molecule has 0 aliphatic carbocycles. The lowest BCUT2D eigenvalue weighted by Crippen LogP contribution is -2.14. The summed E-state index contributed by atoms with van der Waals surface area (Å²) in [5.41, 5.74) is 4.60. The summed E-state index contributed by atoms with van der Waals surface area (Å²) in [6.07, 6.45) is -0.681. The fourth-order valence-electron chi connectivity index (χ4n) is 2.93. The molecule has 2 aromatic carbocycles. The molecule has 0 spiro atoms. The Morgan fingerprint density at radius 1 is 1.04 bits per heavy atom. The highest BCUT2D eigenvalue weighted by Crippen LogP contribution is 2.40. The molecule has 0 radical (unpaired) electrons. The number of ether oxygens (including phenoxy) is 1. The molecule has 0 bridgehead atoms. The van der Waals surface area contributed by atoms with Gasteiger partial charge in [0.1, 0.15) is 17.2 Å². The van der Waals surface area contributed by atoms with Crippen LogP contribution >= 0.6 is 11.3 Å². The highest BCUT2D eigenvalue weighted by Gasteiger charge is 2.24. The van der Waals surface area contributed by atoms with Crippen molar-refractivity contribution in [2.45, 2.75) is 27.4 Å². The van der Waals surface area contributed by atoms with Crippen LogP contribution < -0.4 is 5.32 Å². The summed E-state index contributed by atoms with van der Waals surface area (Å²) >= 11 is 1.23. The van der Waals surface area contributed by atoms with E-state index in [2.05, 4.69) is 5.32 Å². The van der Waals surface area contributed by atoms with Gasteiger partial charge >= 0.3 is 12.1 Å². The Bertz CT molecular complexity index is 1020. The lowest BCUT2D eigenvalue weighted by molar-refractivity contribution is 0.0699. The van der Waals surface area contributed by atoms with Crippen LogP contribution in [0.15, 0.2) is 48.5 Å². The maximum Gasteiger partial charge on any atom is 0.412 e. The van der Waals surface area contributed by atoms with Crippen molar-refractivity contribution in [3.8, 4) is 11.1 Å². The van der Waals surface area contributed by atoms with Gasteiger partial charge in [0.15, 0.2) is 0 Å². The quantitative estimate of drug-likeness (QED) is 0.573. The zero-order valence-corrected chi connectivity index (χ0v) is 16.7. The fourth-order valence-corrected chi connectivity index (χ4v) is 3.99. The van der Waals surface area contributed by atoms with E-state index < -0.39 is 12.1 Å². The van der Waals surface area contributed by atoms with Crippen LogP contribution in [0.4, 0.5) is 9.80 Å². The second-order valence-corrected chi connectivity index (χ2v) is 7.75. The van der Waals surface area contributed by atoms with E-state index in [9.17, 15) is 14.7 Å². The Hall–Kier alpha value is -3.12. The first-order chi connectivity index (χ1) is 13.4. The second kappa shape index (κ2) is 8.27. The SMILES string of the molecule is Cc1ccc(-c2c(C)sc(NC(=O)OCc3ccccc3)c2C(=O)O)cc1C. The van der Waals surface area contributed by atoms with Crippen LogP contribution in [0.5, 0.6) is 0 Å². The van der Waals surface area contributed by atoms with E-state index in [0.717, 1.165) is 27.1 Å². The van der Waals surface area contributed by atoms with E-state index in [1.807, 2.05) is 69.3 Å². The van der Waals surface area contributed by atoms with Crippen LogP contribution in [0.1, 0.15) is 31.9 Å². The number of thiophene rings is 1. The molecule has 0 aliphatic rings. The van der Waals surface area contributed by atoms with Crippen molar-refractivity contribution in [2.75, 3.05) is 5.32 Å². The number of rotatable bonds is 5. The van der Waals surface area contributed by atoms with E-state index in [1.165, 1.54) is 11.3 Å². The molecule has 1 aromatic heterocycles. The third-order valence-electron chi connectivity index (χ3n) is 4.52. The average molecular weight is 395 g/mol. The monoisotopic (exact) mass is 395 g/mol. The van der Waals surface area contributed by atoms with Crippen LogP contribution in [-0.4, -0.2) is 17.2 Å². The Kier molecular flexibility index (Phi) is 5.80. The van der Waals surface area contributed by atoms with Crippen LogP contribution in [0.25, 0.3) is 11.1 Å². The molecule has 0 fully saturated rings. The number of carboxylic acid groups (broad SMARTS) is 1. The molecule has 0 unspecified atom stereocenters. The first-order valence-corrected chi connectivity index (χ1v) is 9.60. The van der Waals surface area contributed by atoms with Crippen molar-refractivity contribution in [3.63, 3.8) is 0 Å². The lowest BCUT2D eigenvalue weighted by Gasteiger charge is -2.09. The molecular formula is C22H21NO4S. The van der Waals surface area contributed by atoms with Gasteiger partial charge in [-0.05, 0) is 43.0 Å². The van der Waals surface area contributed by atoms with Crippen LogP contribution in [0, 0.1) is 20.8 Å². The summed E-state index contributed by atoms with van der Waals surface area (Å²) in [5, 5.41) is 12.7. The van der Waals surface area contributed by atoms with Gasteiger partial charge in [-0.2, -0.15) is 0 Å². The number of aromatic carboxylic acids is 1. The fraction of sp³-hybridized carbons (Fsp3) is 0.182. The molecule has 5 nitrogen and oxygen atoms in total. The van der Waals surface area contributed by atoms with Crippen molar-refractivity contribution in [3.05, 3.63) is 75.7 Å². The van der Waals surface area contributed by atoms with Crippen LogP contribution in [0.3, 0.4) is 0 Å². The van der Waals surface area contributed by atoms with Crippen molar-refractivity contribution in [2.24, 2.45) is 0 Å². The normalized spacial score (nSPS) is 10.5. The number of carbonyl (C=O) groups excluding carboxylic acids is 1. The molecule has 3 aromatic rings. The topological polar surface area (TPSA) is 75.6 Å². The second-order valence-electron chi connectivity index (χ2n) is 6.53. The number of anilines is 1. The molecule has 144 valence electrons. The van der Waals surface area contributed by atoms with E-state index in [1.54, 1.807) is 0 Å². The molecule has 1 heterocycles. The van der Waals surface area contributed by atoms with Crippen molar-refractivity contribution < 1.29 is 19.4 Å². The molecule has 0 saturated carbocycles. The highest BCUT2D eigenvalue weighted by atomic mass is 32.1. The predicted octanol–water partition coefficient (Wildman–Crippen LogP) is 5.79. The number of hydrogen-bond donors (Lipinski definition) is 2. The maximum atomic E-state index is 12.2. The lowest BCUT2D eigenvalue weighted by atomic mass is 9.97. The highest BCUT2D eigenvalue weighted by molar-refractivity contribution is 7.17. The van der Waals surface area contributed by atoms with Crippen molar-refractivity contribution >= 4 is 28.4 Å². The number of hydrogen-bond acceptors (Lipinski definition) is 4. The van der Waals surface area contributed by atoms with Crippen molar-refractivity contribution in [1.82, 2.24) is 0 Å². The number of aryl methyl sites for hydroxylation is 3. The van der Waals surface area contributed by atoms with Crippen LogP contribution in [0.2, 0.25) is 0 Å². The van der Waals surface area contributed by atoms with E-state index >= 15 is 0 Å². The molecule has 0 saturated heterocycles. The van der Waals surface area contributed by atoms with E-state index in [-0.39, 0.29) is 17.2 Å². The molecule has 0 atom stereocenters. The maximum absolute atomic E-state index is 12.2. The standard InChI is InChI=1S/C22H21NO4S/c1-13-9-10-17(11-14(13)2)18-15(3)28-20(19(18)21(24)25)23-22(26)27-12-16-7-5-4-6-8-16/h4-11H,12H2,1-3H3,(H,23,26)(H,24,25). The average Bonchev–Trinajstić information content (AvgIpc) is 2.99. The third kappa shape index (κ3) is 4.23. The molecule has 28 heavy (non-hydrogen) atoms. The number of benzene rings is 2. The minimum absolute atomic E-state index is 0.0856. The summed E-state index contributed by atoms with van der Waals surface area (Å²) < 4.78 is 5.22. The Balaban J connectivity index is 1.86. The van der Waals surface area contributed by atoms with Gasteiger partial charge in [-0.25, -0.2) is 9.59 Å². The predicted molar refractivity (Wildman–Crippen MR) is 111 cm³/mol. The van der Waals surface area contributed by atoms with Crippen LogP contribution in [-0.2, 0) is 11.3 Å². The third-order valence-corrected chi connectivity index (χ3v) is 5.54. The minimum atomic E-state index is -1.09. The summed E-state index contributed by atoms with van der Waals surface area (Å²) in [6, 6.07) is 15.1. The molecule has 0 aliphatic heterocycles. The number of amides is 1. The Morgan fingerprint density at radius 3 is 2.39 bits per heavy atom. The molecule has 3 rings (SSSR count). The van der Waals surface area contributed by atoms with Gasteiger partial charge in [0.25, 0.3) is 0 Å². The van der Waals surface area contributed by atoms with E-state index in [0.29, 0.717) is 5.56 Å². The van der Waals surface area contributed by atoms with Crippen molar-refractivity contribution in [1.29, 1.82) is 0 Å². The summed E-state index contributed by atoms with van der Waals surface area (Å²) in [6.45, 7) is 5.96. The van der Waals surface area contributed by atoms with Gasteiger partial charge in [-0.15, -0.1) is 11.3 Å². The van der Waals surface area contributed by atoms with Gasteiger partial charge in [-0.1, -0.05) is 48.5 Å². The Morgan fingerprint density at radius 2 is 1.75 bits per heavy atom.